The number of halogens is 1. The van der Waals surface area contributed by atoms with Gasteiger partial charge < -0.3 is 10.1 Å². The molecule has 0 atom stereocenters. The van der Waals surface area contributed by atoms with Gasteiger partial charge in [0, 0.05) is 18.7 Å². The van der Waals surface area contributed by atoms with Gasteiger partial charge in [-0.25, -0.2) is 0 Å². The molecule has 0 aliphatic rings. The molecule has 32 heavy (non-hydrogen) atoms. The molecule has 0 unspecified atom stereocenters. The number of benzene rings is 2. The average molecular weight is 474 g/mol. The lowest BCUT2D eigenvalue weighted by molar-refractivity contribution is -0.384. The molecule has 1 heterocycles. The molecule has 0 radical (unpaired) electrons. The van der Waals surface area contributed by atoms with Crippen molar-refractivity contribution in [2.24, 2.45) is 0 Å². The van der Waals surface area contributed by atoms with E-state index in [2.05, 4.69) is 22.1 Å². The topological polar surface area (TPSA) is 112 Å². The Morgan fingerprint density at radius 2 is 2.16 bits per heavy atom. The third-order valence-corrected chi connectivity index (χ3v) is 5.51. The highest BCUT2D eigenvalue weighted by atomic mass is 35.5. The lowest BCUT2D eigenvalue weighted by Gasteiger charge is -2.10. The van der Waals surface area contributed by atoms with Crippen molar-refractivity contribution in [3.8, 4) is 5.75 Å². The van der Waals surface area contributed by atoms with E-state index in [0.717, 1.165) is 11.3 Å². The zero-order chi connectivity index (χ0) is 23.1. The molecule has 0 saturated carbocycles. The highest BCUT2D eigenvalue weighted by Crippen LogP contribution is 2.27. The number of rotatable bonds is 10. The van der Waals surface area contributed by atoms with Crippen molar-refractivity contribution in [2.75, 3.05) is 11.1 Å². The van der Waals surface area contributed by atoms with E-state index in [9.17, 15) is 14.9 Å². The Balaban J connectivity index is 1.62. The van der Waals surface area contributed by atoms with Gasteiger partial charge in [0.15, 0.2) is 11.0 Å². The molecular weight excluding hydrogens is 454 g/mol. The second-order valence-corrected chi connectivity index (χ2v) is 8.01. The number of nitrogens with one attached hydrogen (secondary N) is 1. The summed E-state index contributed by atoms with van der Waals surface area (Å²) in [5, 5.41) is 22.4. The molecule has 0 bridgehead atoms. The summed E-state index contributed by atoms with van der Waals surface area (Å²) < 4.78 is 7.63. The maximum Gasteiger partial charge on any atom is 0.271 e. The van der Waals surface area contributed by atoms with Gasteiger partial charge in [0.1, 0.15) is 12.4 Å². The number of nitro groups is 1. The lowest BCUT2D eigenvalue weighted by atomic mass is 10.2. The number of ether oxygens (including phenoxy) is 1. The fourth-order valence-electron chi connectivity index (χ4n) is 2.73. The first-order chi connectivity index (χ1) is 15.4. The Bertz CT molecular complexity index is 1150. The SMILES string of the molecule is C=CCn1c(COc2cccc(C)c2)nnc1SCC(=O)Nc1ccc([N+](=O)[O-])cc1Cl. The number of allylic oxidation sites excluding steroid dienone is 1. The molecule has 0 aliphatic carbocycles. The number of amides is 1. The summed E-state index contributed by atoms with van der Waals surface area (Å²) in [6.45, 7) is 6.42. The first-order valence-electron chi connectivity index (χ1n) is 9.46. The number of nitro benzene ring substituents is 1. The Labute approximate surface area is 193 Å². The predicted octanol–water partition coefficient (Wildman–Crippen LogP) is 4.64. The first kappa shape index (κ1) is 23.3. The van der Waals surface area contributed by atoms with Crippen LogP contribution in [0.15, 0.2) is 60.3 Å². The van der Waals surface area contributed by atoms with Crippen LogP contribution in [0.5, 0.6) is 5.75 Å². The number of thioether (sulfide) groups is 1. The zero-order valence-electron chi connectivity index (χ0n) is 17.2. The minimum atomic E-state index is -0.556. The molecule has 0 spiro atoms. The minimum Gasteiger partial charge on any atom is -0.486 e. The molecule has 0 fully saturated rings. The number of aromatic nitrogens is 3. The molecule has 3 aromatic rings. The maximum absolute atomic E-state index is 12.3. The van der Waals surface area contributed by atoms with Gasteiger partial charge in [0.2, 0.25) is 5.91 Å². The Morgan fingerprint density at radius 1 is 1.34 bits per heavy atom. The van der Waals surface area contributed by atoms with E-state index in [1.807, 2.05) is 35.8 Å². The fourth-order valence-corrected chi connectivity index (χ4v) is 3.72. The van der Waals surface area contributed by atoms with Gasteiger partial charge in [-0.05, 0) is 30.7 Å². The van der Waals surface area contributed by atoms with Crippen LogP contribution in [0.3, 0.4) is 0 Å². The van der Waals surface area contributed by atoms with Crippen LogP contribution in [0, 0.1) is 17.0 Å². The largest absolute Gasteiger partial charge is 0.486 e. The molecule has 166 valence electrons. The van der Waals surface area contributed by atoms with E-state index in [1.165, 1.54) is 30.0 Å². The monoisotopic (exact) mass is 473 g/mol. The molecule has 0 aliphatic heterocycles. The van der Waals surface area contributed by atoms with Crippen LogP contribution in [0.25, 0.3) is 0 Å². The van der Waals surface area contributed by atoms with Crippen LogP contribution in [-0.2, 0) is 17.9 Å². The summed E-state index contributed by atoms with van der Waals surface area (Å²) in [6, 6.07) is 11.5. The van der Waals surface area contributed by atoms with Gasteiger partial charge >= 0.3 is 0 Å². The number of hydrogen-bond acceptors (Lipinski definition) is 7. The highest BCUT2D eigenvalue weighted by molar-refractivity contribution is 7.99. The van der Waals surface area contributed by atoms with Crippen molar-refractivity contribution in [3.63, 3.8) is 0 Å². The molecule has 0 saturated heterocycles. The molecule has 1 N–H and O–H groups in total. The van der Waals surface area contributed by atoms with Gasteiger partial charge in [0.25, 0.3) is 5.69 Å². The van der Waals surface area contributed by atoms with Crippen LogP contribution < -0.4 is 10.1 Å². The van der Waals surface area contributed by atoms with Gasteiger partial charge in [-0.15, -0.1) is 16.8 Å². The number of aryl methyl sites for hydroxylation is 1. The number of nitrogens with zero attached hydrogens (tertiary/aromatic N) is 4. The third-order valence-electron chi connectivity index (χ3n) is 4.23. The summed E-state index contributed by atoms with van der Waals surface area (Å²) in [6.07, 6.45) is 1.71. The molecule has 1 aromatic heterocycles. The molecular formula is C21H20ClN5O4S. The minimum absolute atomic E-state index is 0.0430. The standard InChI is InChI=1S/C21H20ClN5O4S/c1-3-9-26-19(12-31-16-6-4-5-14(2)10-16)24-25-21(26)32-13-20(28)23-18-8-7-15(27(29)30)11-17(18)22/h3-8,10-11H,1,9,12-13H2,2H3,(H,23,28). The summed E-state index contributed by atoms with van der Waals surface area (Å²) >= 11 is 7.22. The average Bonchev–Trinajstić information content (AvgIpc) is 3.14. The van der Waals surface area contributed by atoms with Crippen LogP contribution in [0.2, 0.25) is 5.02 Å². The van der Waals surface area contributed by atoms with Gasteiger partial charge in [-0.3, -0.25) is 19.5 Å². The summed E-state index contributed by atoms with van der Waals surface area (Å²) in [5.41, 5.74) is 1.23. The first-order valence-corrected chi connectivity index (χ1v) is 10.8. The number of carbonyl (C=O) groups is 1. The smallest absolute Gasteiger partial charge is 0.271 e. The highest BCUT2D eigenvalue weighted by Gasteiger charge is 2.16. The van der Waals surface area contributed by atoms with Gasteiger partial charge in [-0.1, -0.05) is 41.6 Å². The van der Waals surface area contributed by atoms with Crippen molar-refractivity contribution in [2.45, 2.75) is 25.2 Å². The summed E-state index contributed by atoms with van der Waals surface area (Å²) in [5.74, 6) is 1.04. The van der Waals surface area contributed by atoms with Crippen LogP contribution in [0.1, 0.15) is 11.4 Å². The van der Waals surface area contributed by atoms with E-state index >= 15 is 0 Å². The van der Waals surface area contributed by atoms with Crippen LogP contribution in [0.4, 0.5) is 11.4 Å². The Hall–Kier alpha value is -3.37. The number of hydrogen-bond donors (Lipinski definition) is 1. The zero-order valence-corrected chi connectivity index (χ0v) is 18.7. The molecule has 3 rings (SSSR count). The summed E-state index contributed by atoms with van der Waals surface area (Å²) in [4.78, 5) is 22.6. The second-order valence-electron chi connectivity index (χ2n) is 6.66. The van der Waals surface area contributed by atoms with Crippen molar-refractivity contribution < 1.29 is 14.5 Å². The lowest BCUT2D eigenvalue weighted by Crippen LogP contribution is -2.15. The molecule has 2 aromatic carbocycles. The van der Waals surface area contributed by atoms with Crippen LogP contribution in [-0.4, -0.2) is 31.3 Å². The maximum atomic E-state index is 12.3. The Morgan fingerprint density at radius 3 is 2.84 bits per heavy atom. The quantitative estimate of drug-likeness (QED) is 0.197. The molecule has 11 heteroatoms. The Kier molecular flexibility index (Phi) is 7.85. The predicted molar refractivity (Wildman–Crippen MR) is 123 cm³/mol. The number of anilines is 1. The molecule has 1 amide bonds. The van der Waals surface area contributed by atoms with Crippen molar-refractivity contribution in [1.82, 2.24) is 14.8 Å². The van der Waals surface area contributed by atoms with Gasteiger partial charge in [0.05, 0.1) is 21.4 Å². The van der Waals surface area contributed by atoms with E-state index < -0.39 is 4.92 Å². The van der Waals surface area contributed by atoms with Gasteiger partial charge in [-0.2, -0.15) is 0 Å². The second kappa shape index (κ2) is 10.8. The van der Waals surface area contributed by atoms with E-state index in [0.29, 0.717) is 23.2 Å². The van der Waals surface area contributed by atoms with E-state index in [-0.39, 0.29) is 29.0 Å². The normalized spacial score (nSPS) is 10.6. The fraction of sp³-hybridized carbons (Fsp3) is 0.190. The number of non-ortho nitro benzene ring substituents is 1. The number of carbonyl (C=O) groups excluding carboxylic acids is 1. The van der Waals surface area contributed by atoms with E-state index in [4.69, 9.17) is 16.3 Å². The summed E-state index contributed by atoms with van der Waals surface area (Å²) in [7, 11) is 0. The van der Waals surface area contributed by atoms with Crippen molar-refractivity contribution in [1.29, 1.82) is 0 Å². The van der Waals surface area contributed by atoms with Crippen molar-refractivity contribution >= 4 is 40.6 Å². The van der Waals surface area contributed by atoms with Crippen molar-refractivity contribution in [3.05, 3.63) is 81.6 Å². The van der Waals surface area contributed by atoms with Crippen LogP contribution >= 0.6 is 23.4 Å². The third kappa shape index (κ3) is 6.08. The molecule has 9 nitrogen and oxygen atoms in total. The van der Waals surface area contributed by atoms with E-state index in [1.54, 1.807) is 6.08 Å².